The fourth-order valence-corrected chi connectivity index (χ4v) is 3.89. The smallest absolute Gasteiger partial charge is 0.204 e. The molecular weight excluding hydrogens is 292 g/mol. The first-order valence-electron chi connectivity index (χ1n) is 7.63. The van der Waals surface area contributed by atoms with Crippen LogP contribution >= 0.6 is 0 Å². The van der Waals surface area contributed by atoms with Gasteiger partial charge in [0.05, 0.1) is 0 Å². The number of Topliss-reactive ketones (excluding diaryl/α,β-unsaturated/α-hetero) is 2. The van der Waals surface area contributed by atoms with Crippen molar-refractivity contribution < 1.29 is 19.8 Å². The normalized spacial score (nSPS) is 26.1. The Balaban J connectivity index is 2.05. The molecule has 0 saturated carbocycles. The van der Waals surface area contributed by atoms with Crippen molar-refractivity contribution in [2.75, 3.05) is 0 Å². The molecule has 1 aromatic rings. The molecule has 1 aromatic carbocycles. The Kier molecular flexibility index (Phi) is 2.64. The SMILES string of the molecule is CC1=C2C=C3C(=O)c4ccc(O)cc4C(=O)C3(O)C(C)=C2CC1. The van der Waals surface area contributed by atoms with Crippen molar-refractivity contribution in [1.29, 1.82) is 0 Å². The highest BCUT2D eigenvalue weighted by molar-refractivity contribution is 6.28. The second-order valence-electron chi connectivity index (χ2n) is 6.45. The fourth-order valence-electron chi connectivity index (χ4n) is 3.89. The summed E-state index contributed by atoms with van der Waals surface area (Å²) in [6.45, 7) is 3.73. The molecule has 0 aromatic heterocycles. The first-order chi connectivity index (χ1) is 10.9. The number of hydrogen-bond donors (Lipinski definition) is 2. The summed E-state index contributed by atoms with van der Waals surface area (Å²) in [7, 11) is 0. The van der Waals surface area contributed by atoms with Gasteiger partial charge in [-0.2, -0.15) is 0 Å². The fraction of sp³-hybridized carbons (Fsp3) is 0.263. The number of rotatable bonds is 0. The van der Waals surface area contributed by atoms with E-state index in [1.54, 1.807) is 13.0 Å². The van der Waals surface area contributed by atoms with Crippen LogP contribution in [0.25, 0.3) is 0 Å². The third kappa shape index (κ3) is 1.59. The van der Waals surface area contributed by atoms with Gasteiger partial charge >= 0.3 is 0 Å². The van der Waals surface area contributed by atoms with Gasteiger partial charge in [-0.15, -0.1) is 0 Å². The Morgan fingerprint density at radius 3 is 2.57 bits per heavy atom. The maximum absolute atomic E-state index is 12.9. The van der Waals surface area contributed by atoms with E-state index in [-0.39, 0.29) is 28.2 Å². The first kappa shape index (κ1) is 14.2. The zero-order valence-electron chi connectivity index (χ0n) is 12.9. The van der Waals surface area contributed by atoms with E-state index in [4.69, 9.17) is 0 Å². The summed E-state index contributed by atoms with van der Waals surface area (Å²) in [5.74, 6) is -0.991. The van der Waals surface area contributed by atoms with Crippen LogP contribution in [0.5, 0.6) is 5.75 Å². The Hall–Kier alpha value is -2.46. The molecule has 3 aliphatic rings. The average Bonchev–Trinajstić information content (AvgIpc) is 2.89. The highest BCUT2D eigenvalue weighted by atomic mass is 16.3. The van der Waals surface area contributed by atoms with Gasteiger partial charge in [-0.3, -0.25) is 9.59 Å². The predicted molar refractivity (Wildman–Crippen MR) is 84.4 cm³/mol. The van der Waals surface area contributed by atoms with Crippen molar-refractivity contribution in [3.8, 4) is 5.75 Å². The lowest BCUT2D eigenvalue weighted by Gasteiger charge is -2.38. The summed E-state index contributed by atoms with van der Waals surface area (Å²) in [6.07, 6.45) is 3.33. The molecule has 23 heavy (non-hydrogen) atoms. The molecule has 0 heterocycles. The molecule has 2 N–H and O–H groups in total. The molecule has 4 nitrogen and oxygen atoms in total. The van der Waals surface area contributed by atoms with Crippen LogP contribution in [-0.4, -0.2) is 27.4 Å². The van der Waals surface area contributed by atoms with E-state index in [1.165, 1.54) is 23.8 Å². The summed E-state index contributed by atoms with van der Waals surface area (Å²) in [5.41, 5.74) is 2.16. The van der Waals surface area contributed by atoms with Crippen LogP contribution in [-0.2, 0) is 0 Å². The third-order valence-electron chi connectivity index (χ3n) is 5.27. The van der Waals surface area contributed by atoms with E-state index in [0.717, 1.165) is 24.0 Å². The second kappa shape index (κ2) is 4.30. The molecule has 1 atom stereocenters. The second-order valence-corrected chi connectivity index (χ2v) is 6.45. The first-order valence-corrected chi connectivity index (χ1v) is 7.63. The highest BCUT2D eigenvalue weighted by Crippen LogP contribution is 2.48. The van der Waals surface area contributed by atoms with E-state index < -0.39 is 11.4 Å². The Morgan fingerprint density at radius 2 is 1.83 bits per heavy atom. The molecule has 0 spiro atoms. The van der Waals surface area contributed by atoms with Gasteiger partial charge in [0.25, 0.3) is 0 Å². The minimum absolute atomic E-state index is 0.0803. The van der Waals surface area contributed by atoms with Crippen LogP contribution in [0.2, 0.25) is 0 Å². The zero-order valence-corrected chi connectivity index (χ0v) is 12.9. The number of ketones is 2. The topological polar surface area (TPSA) is 74.6 Å². The van der Waals surface area contributed by atoms with Crippen LogP contribution in [0.4, 0.5) is 0 Å². The van der Waals surface area contributed by atoms with Crippen LogP contribution in [0.15, 0.2) is 52.1 Å². The highest BCUT2D eigenvalue weighted by Gasteiger charge is 2.53. The number of aliphatic hydroxyl groups is 1. The quantitative estimate of drug-likeness (QED) is 0.773. The summed E-state index contributed by atoms with van der Waals surface area (Å²) in [5, 5.41) is 20.8. The van der Waals surface area contributed by atoms with Crippen LogP contribution < -0.4 is 0 Å². The van der Waals surface area contributed by atoms with Crippen LogP contribution in [0.3, 0.4) is 0 Å². The van der Waals surface area contributed by atoms with Gasteiger partial charge < -0.3 is 10.2 Å². The lowest BCUT2D eigenvalue weighted by Crippen LogP contribution is -2.50. The summed E-state index contributed by atoms with van der Waals surface area (Å²) in [6, 6.07) is 4.08. The Morgan fingerprint density at radius 1 is 1.09 bits per heavy atom. The number of phenols is 1. The van der Waals surface area contributed by atoms with Gasteiger partial charge in [0.1, 0.15) is 5.75 Å². The maximum Gasteiger partial charge on any atom is 0.204 e. The molecule has 116 valence electrons. The lowest BCUT2D eigenvalue weighted by atomic mass is 9.66. The molecule has 1 unspecified atom stereocenters. The molecule has 0 radical (unpaired) electrons. The van der Waals surface area contributed by atoms with E-state index >= 15 is 0 Å². The average molecular weight is 308 g/mol. The minimum Gasteiger partial charge on any atom is -0.508 e. The van der Waals surface area contributed by atoms with Gasteiger partial charge in [-0.25, -0.2) is 0 Å². The maximum atomic E-state index is 12.9. The molecule has 0 aliphatic heterocycles. The molecule has 3 aliphatic carbocycles. The van der Waals surface area contributed by atoms with E-state index in [0.29, 0.717) is 5.57 Å². The van der Waals surface area contributed by atoms with Crippen molar-refractivity contribution in [3.05, 3.63) is 63.3 Å². The lowest BCUT2D eigenvalue weighted by molar-refractivity contribution is 0.0552. The molecule has 4 heteroatoms. The van der Waals surface area contributed by atoms with Crippen LogP contribution in [0, 0.1) is 0 Å². The van der Waals surface area contributed by atoms with Crippen molar-refractivity contribution in [2.24, 2.45) is 0 Å². The summed E-state index contributed by atoms with van der Waals surface area (Å²) < 4.78 is 0. The summed E-state index contributed by atoms with van der Waals surface area (Å²) in [4.78, 5) is 25.8. The third-order valence-corrected chi connectivity index (χ3v) is 5.27. The van der Waals surface area contributed by atoms with E-state index in [2.05, 4.69) is 0 Å². The van der Waals surface area contributed by atoms with E-state index in [1.807, 2.05) is 6.92 Å². The van der Waals surface area contributed by atoms with Crippen molar-refractivity contribution in [2.45, 2.75) is 32.3 Å². The zero-order chi connectivity index (χ0) is 16.5. The number of benzene rings is 1. The molecule has 0 saturated heterocycles. The Bertz CT molecular complexity index is 898. The number of carbonyl (C=O) groups excluding carboxylic acids is 2. The van der Waals surface area contributed by atoms with Gasteiger partial charge in [-0.05, 0) is 67.7 Å². The molecule has 0 fully saturated rings. The van der Waals surface area contributed by atoms with Gasteiger partial charge in [0.2, 0.25) is 5.78 Å². The number of allylic oxidation sites excluding steroid dienone is 4. The van der Waals surface area contributed by atoms with Crippen molar-refractivity contribution in [3.63, 3.8) is 0 Å². The van der Waals surface area contributed by atoms with Crippen molar-refractivity contribution >= 4 is 11.6 Å². The predicted octanol–water partition coefficient (Wildman–Crippen LogP) is 2.87. The number of carbonyl (C=O) groups is 2. The van der Waals surface area contributed by atoms with Gasteiger partial charge in [0.15, 0.2) is 11.4 Å². The number of hydrogen-bond acceptors (Lipinski definition) is 4. The number of phenolic OH excluding ortho intramolecular Hbond substituents is 1. The minimum atomic E-state index is -1.92. The number of aromatic hydroxyl groups is 1. The molecule has 0 amide bonds. The van der Waals surface area contributed by atoms with Gasteiger partial charge in [-0.1, -0.05) is 5.57 Å². The largest absolute Gasteiger partial charge is 0.508 e. The van der Waals surface area contributed by atoms with E-state index in [9.17, 15) is 19.8 Å². The standard InChI is InChI=1S/C19H16O4/c1-9-3-5-12-10(2)19(23)16(8-14(9)12)17(21)13-6-4-11(20)7-15(13)18(19)22/h4,6-8,20,23H,3,5H2,1-2H3. The Labute approximate surface area is 133 Å². The monoisotopic (exact) mass is 308 g/mol. The van der Waals surface area contributed by atoms with Gasteiger partial charge in [0, 0.05) is 16.7 Å². The molecule has 4 rings (SSSR count). The van der Waals surface area contributed by atoms with Crippen molar-refractivity contribution in [1.82, 2.24) is 0 Å². The summed E-state index contributed by atoms with van der Waals surface area (Å²) >= 11 is 0. The van der Waals surface area contributed by atoms with Crippen LogP contribution in [0.1, 0.15) is 47.4 Å². The molecule has 0 bridgehead atoms. The number of fused-ring (bicyclic) bond motifs is 3. The molecular formula is C19H16O4.